The van der Waals surface area contributed by atoms with Crippen molar-refractivity contribution in [1.82, 2.24) is 0 Å². The summed E-state index contributed by atoms with van der Waals surface area (Å²) < 4.78 is 0. The number of carbonyl (C=O) groups excluding carboxylic acids is 2. The van der Waals surface area contributed by atoms with Gasteiger partial charge in [-0.15, -0.1) is 0 Å². The van der Waals surface area contributed by atoms with E-state index < -0.39 is 0 Å². The Morgan fingerprint density at radius 2 is 1.76 bits per heavy atom. The molecule has 2 nitrogen and oxygen atoms in total. The van der Waals surface area contributed by atoms with Gasteiger partial charge in [0.1, 0.15) is 0 Å². The summed E-state index contributed by atoms with van der Waals surface area (Å²) in [5, 5.41) is 0. The molecule has 0 heterocycles. The predicted octanol–water partition coefficient (Wildman–Crippen LogP) is 3.13. The minimum atomic E-state index is -0.242. The maximum atomic E-state index is 11.8. The lowest BCUT2D eigenvalue weighted by Crippen LogP contribution is -2.09. The standard InChI is InChI=1S/C15H14O2/c1-3-8-12(4-2)14(16)11-15(17)13-9-6-5-7-10-13/h3-10H,1-2,11H2/b12-8+. The Bertz CT molecular complexity index is 467. The van der Waals surface area contributed by atoms with Gasteiger partial charge in [0, 0.05) is 11.1 Å². The number of benzene rings is 1. The Labute approximate surface area is 101 Å². The smallest absolute Gasteiger partial charge is 0.170 e. The number of allylic oxidation sites excluding steroid dienone is 4. The minimum Gasteiger partial charge on any atom is -0.294 e. The quantitative estimate of drug-likeness (QED) is 0.323. The van der Waals surface area contributed by atoms with Crippen LogP contribution in [0.3, 0.4) is 0 Å². The molecule has 86 valence electrons. The molecule has 0 unspecified atom stereocenters. The molecule has 0 amide bonds. The average Bonchev–Trinajstić information content (AvgIpc) is 2.36. The van der Waals surface area contributed by atoms with Crippen LogP contribution in [-0.4, -0.2) is 11.6 Å². The second-order valence-corrected chi connectivity index (χ2v) is 3.45. The molecule has 2 heteroatoms. The molecule has 0 bridgehead atoms. The Kier molecular flexibility index (Phi) is 4.82. The molecule has 0 aliphatic rings. The van der Waals surface area contributed by atoms with Crippen molar-refractivity contribution in [1.29, 1.82) is 0 Å². The van der Waals surface area contributed by atoms with Crippen molar-refractivity contribution < 1.29 is 9.59 Å². The van der Waals surface area contributed by atoms with Crippen LogP contribution in [0.5, 0.6) is 0 Å². The van der Waals surface area contributed by atoms with Gasteiger partial charge in [0.25, 0.3) is 0 Å². The van der Waals surface area contributed by atoms with Crippen LogP contribution in [0.2, 0.25) is 0 Å². The van der Waals surface area contributed by atoms with E-state index in [1.54, 1.807) is 30.3 Å². The molecule has 1 rings (SSSR count). The first-order valence-corrected chi connectivity index (χ1v) is 5.25. The zero-order valence-corrected chi connectivity index (χ0v) is 9.56. The third kappa shape index (κ3) is 3.68. The average molecular weight is 226 g/mol. The first-order chi connectivity index (χ1) is 8.19. The first kappa shape index (κ1) is 12.8. The summed E-state index contributed by atoms with van der Waals surface area (Å²) in [4.78, 5) is 23.5. The van der Waals surface area contributed by atoms with E-state index in [1.165, 1.54) is 12.2 Å². The fraction of sp³-hybridized carbons (Fsp3) is 0.0667. The van der Waals surface area contributed by atoms with Gasteiger partial charge in [-0.1, -0.05) is 61.7 Å². The molecular weight excluding hydrogens is 212 g/mol. The van der Waals surface area contributed by atoms with E-state index in [9.17, 15) is 9.59 Å². The zero-order chi connectivity index (χ0) is 12.7. The highest BCUT2D eigenvalue weighted by atomic mass is 16.1. The summed E-state index contributed by atoms with van der Waals surface area (Å²) >= 11 is 0. The highest BCUT2D eigenvalue weighted by Gasteiger charge is 2.13. The van der Waals surface area contributed by atoms with Gasteiger partial charge in [0.2, 0.25) is 0 Å². The lowest BCUT2D eigenvalue weighted by Gasteiger charge is -2.01. The predicted molar refractivity (Wildman–Crippen MR) is 68.9 cm³/mol. The SMILES string of the molecule is C=C/C=C(\C=C)C(=O)CC(=O)c1ccccc1. The number of rotatable bonds is 6. The van der Waals surface area contributed by atoms with E-state index in [2.05, 4.69) is 13.2 Å². The van der Waals surface area contributed by atoms with Crippen LogP contribution in [0, 0.1) is 0 Å². The van der Waals surface area contributed by atoms with Crippen LogP contribution in [0.25, 0.3) is 0 Å². The molecule has 0 saturated heterocycles. The summed E-state index contributed by atoms with van der Waals surface area (Å²) in [7, 11) is 0. The third-order valence-corrected chi connectivity index (χ3v) is 2.26. The van der Waals surface area contributed by atoms with Crippen molar-refractivity contribution in [2.24, 2.45) is 0 Å². The van der Waals surface area contributed by atoms with Crippen LogP contribution in [0.1, 0.15) is 16.8 Å². The van der Waals surface area contributed by atoms with E-state index in [-0.39, 0.29) is 18.0 Å². The molecule has 0 radical (unpaired) electrons. The van der Waals surface area contributed by atoms with Gasteiger partial charge < -0.3 is 0 Å². The maximum Gasteiger partial charge on any atom is 0.170 e. The second-order valence-electron chi connectivity index (χ2n) is 3.45. The van der Waals surface area contributed by atoms with E-state index in [0.29, 0.717) is 11.1 Å². The summed E-state index contributed by atoms with van der Waals surface area (Å²) in [6.07, 6.45) is 4.34. The normalized spacial score (nSPS) is 10.7. The van der Waals surface area contributed by atoms with Gasteiger partial charge in [0.15, 0.2) is 11.6 Å². The Morgan fingerprint density at radius 3 is 2.29 bits per heavy atom. The maximum absolute atomic E-state index is 11.8. The summed E-state index contributed by atoms with van der Waals surface area (Å²) in [5.74, 6) is -0.429. The molecule has 0 aromatic heterocycles. The van der Waals surface area contributed by atoms with Crippen LogP contribution in [-0.2, 0) is 4.79 Å². The van der Waals surface area contributed by atoms with Gasteiger partial charge in [-0.2, -0.15) is 0 Å². The number of hydrogen-bond acceptors (Lipinski definition) is 2. The molecule has 0 fully saturated rings. The van der Waals surface area contributed by atoms with Gasteiger partial charge in [0.05, 0.1) is 6.42 Å². The Hall–Kier alpha value is -2.22. The van der Waals surface area contributed by atoms with Gasteiger partial charge in [-0.05, 0) is 0 Å². The van der Waals surface area contributed by atoms with Crippen LogP contribution < -0.4 is 0 Å². The molecule has 0 N–H and O–H groups in total. The monoisotopic (exact) mass is 226 g/mol. The molecule has 1 aromatic carbocycles. The van der Waals surface area contributed by atoms with E-state index in [4.69, 9.17) is 0 Å². The highest BCUT2D eigenvalue weighted by molar-refractivity contribution is 6.14. The van der Waals surface area contributed by atoms with Crippen molar-refractivity contribution in [3.05, 3.63) is 72.9 Å². The van der Waals surface area contributed by atoms with Crippen molar-refractivity contribution in [3.8, 4) is 0 Å². The fourth-order valence-electron chi connectivity index (χ4n) is 1.38. The summed E-state index contributed by atoms with van der Waals surface area (Å²) in [6, 6.07) is 8.75. The molecule has 17 heavy (non-hydrogen) atoms. The number of ketones is 2. The van der Waals surface area contributed by atoms with Crippen LogP contribution in [0.4, 0.5) is 0 Å². The lowest BCUT2D eigenvalue weighted by molar-refractivity contribution is -0.114. The van der Waals surface area contributed by atoms with Crippen molar-refractivity contribution in [2.75, 3.05) is 0 Å². The van der Waals surface area contributed by atoms with Crippen LogP contribution in [0.15, 0.2) is 67.3 Å². The zero-order valence-electron chi connectivity index (χ0n) is 9.56. The molecule has 0 saturated carbocycles. The summed E-state index contributed by atoms with van der Waals surface area (Å²) in [5.41, 5.74) is 0.951. The van der Waals surface area contributed by atoms with Gasteiger partial charge in [-0.3, -0.25) is 9.59 Å². The number of hydrogen-bond donors (Lipinski definition) is 0. The second kappa shape index (κ2) is 6.38. The largest absolute Gasteiger partial charge is 0.294 e. The van der Waals surface area contributed by atoms with Crippen molar-refractivity contribution >= 4 is 11.6 Å². The fourth-order valence-corrected chi connectivity index (χ4v) is 1.38. The van der Waals surface area contributed by atoms with Crippen LogP contribution >= 0.6 is 0 Å². The van der Waals surface area contributed by atoms with E-state index >= 15 is 0 Å². The van der Waals surface area contributed by atoms with Gasteiger partial charge in [-0.25, -0.2) is 0 Å². The molecule has 0 aliphatic carbocycles. The lowest BCUT2D eigenvalue weighted by atomic mass is 10.0. The first-order valence-electron chi connectivity index (χ1n) is 5.25. The molecule has 0 spiro atoms. The third-order valence-electron chi connectivity index (χ3n) is 2.26. The number of Topliss-reactive ketones (excluding diaryl/α,β-unsaturated/α-hetero) is 2. The molecule has 0 atom stereocenters. The van der Waals surface area contributed by atoms with Crippen molar-refractivity contribution in [2.45, 2.75) is 6.42 Å². The summed E-state index contributed by atoms with van der Waals surface area (Å²) in [6.45, 7) is 7.04. The molecular formula is C15H14O2. The Balaban J connectivity index is 2.76. The molecule has 1 aromatic rings. The highest BCUT2D eigenvalue weighted by Crippen LogP contribution is 2.08. The van der Waals surface area contributed by atoms with E-state index in [0.717, 1.165) is 0 Å². The topological polar surface area (TPSA) is 34.1 Å². The molecule has 0 aliphatic heterocycles. The Morgan fingerprint density at radius 1 is 1.12 bits per heavy atom. The number of carbonyl (C=O) groups is 2. The van der Waals surface area contributed by atoms with Gasteiger partial charge >= 0.3 is 0 Å². The van der Waals surface area contributed by atoms with E-state index in [1.807, 2.05) is 6.07 Å². The minimum absolute atomic E-state index is 0.143. The van der Waals surface area contributed by atoms with Crippen molar-refractivity contribution in [3.63, 3.8) is 0 Å².